The van der Waals surface area contributed by atoms with Gasteiger partial charge < -0.3 is 10.0 Å². The van der Waals surface area contributed by atoms with Gasteiger partial charge in [0.1, 0.15) is 0 Å². The summed E-state index contributed by atoms with van der Waals surface area (Å²) in [5, 5.41) is 8.99. The molecule has 82 valence electrons. The van der Waals surface area contributed by atoms with Crippen molar-refractivity contribution in [1.29, 1.82) is 0 Å². The van der Waals surface area contributed by atoms with Crippen molar-refractivity contribution in [3.05, 3.63) is 0 Å². The van der Waals surface area contributed by atoms with Crippen molar-refractivity contribution in [2.24, 2.45) is 17.8 Å². The van der Waals surface area contributed by atoms with Gasteiger partial charge in [-0.3, -0.25) is 4.79 Å². The molecule has 1 saturated carbocycles. The summed E-state index contributed by atoms with van der Waals surface area (Å²) >= 11 is 0. The highest BCUT2D eigenvalue weighted by Gasteiger charge is 2.44. The van der Waals surface area contributed by atoms with Crippen LogP contribution in [-0.2, 0) is 4.79 Å². The fraction of sp³-hybridized carbons (Fsp3) is 0.909. The number of hydrogen-bond donors (Lipinski definition) is 1. The molecule has 1 aliphatic carbocycles. The maximum absolute atomic E-state index is 10.9. The minimum Gasteiger partial charge on any atom is -0.481 e. The first-order valence-electron chi connectivity index (χ1n) is 5.60. The van der Waals surface area contributed by atoms with Crippen molar-refractivity contribution in [3.63, 3.8) is 0 Å². The van der Waals surface area contributed by atoms with E-state index in [-0.39, 0.29) is 5.92 Å². The lowest BCUT2D eigenvalue weighted by atomic mass is 9.85. The average Bonchev–Trinajstić information content (AvgIpc) is 2.43. The van der Waals surface area contributed by atoms with Gasteiger partial charge in [-0.05, 0) is 31.7 Å². The number of fused-ring (bicyclic) bond motifs is 2. The van der Waals surface area contributed by atoms with Crippen LogP contribution in [0.3, 0.4) is 0 Å². The molecule has 1 N–H and O–H groups in total. The van der Waals surface area contributed by atoms with Crippen LogP contribution in [-0.4, -0.2) is 36.1 Å². The molecule has 1 saturated heterocycles. The Bertz CT molecular complexity index is 191. The molecule has 0 aromatic carbocycles. The number of piperidine rings is 1. The average molecular weight is 199 g/mol. The van der Waals surface area contributed by atoms with E-state index in [2.05, 4.69) is 11.9 Å². The van der Waals surface area contributed by atoms with Crippen LogP contribution in [0.1, 0.15) is 26.7 Å². The minimum absolute atomic E-state index is 0.0406. The molecule has 0 spiro atoms. The summed E-state index contributed by atoms with van der Waals surface area (Å²) in [4.78, 5) is 13.2. The Balaban J connectivity index is 0.000000461. The Morgan fingerprint density at radius 2 is 1.64 bits per heavy atom. The third-order valence-corrected chi connectivity index (χ3v) is 3.30. The molecule has 2 rings (SSSR count). The highest BCUT2D eigenvalue weighted by atomic mass is 16.4. The van der Waals surface area contributed by atoms with Gasteiger partial charge in [0.15, 0.2) is 0 Å². The fourth-order valence-corrected chi connectivity index (χ4v) is 2.86. The molecule has 0 aromatic heterocycles. The Morgan fingerprint density at radius 3 is 2.00 bits per heavy atom. The van der Waals surface area contributed by atoms with Gasteiger partial charge >= 0.3 is 5.97 Å². The van der Waals surface area contributed by atoms with Crippen molar-refractivity contribution in [2.75, 3.05) is 20.1 Å². The van der Waals surface area contributed by atoms with Crippen LogP contribution in [0.25, 0.3) is 0 Å². The Hall–Kier alpha value is -0.570. The van der Waals surface area contributed by atoms with Crippen LogP contribution in [0, 0.1) is 17.8 Å². The molecule has 2 bridgehead atoms. The first kappa shape index (κ1) is 11.5. The quantitative estimate of drug-likeness (QED) is 0.698. The summed E-state index contributed by atoms with van der Waals surface area (Å²) in [5.74, 6) is 0.231. The van der Waals surface area contributed by atoms with Gasteiger partial charge in [0.05, 0.1) is 5.92 Å². The molecule has 14 heavy (non-hydrogen) atoms. The van der Waals surface area contributed by atoms with Gasteiger partial charge in [-0.2, -0.15) is 0 Å². The van der Waals surface area contributed by atoms with Crippen LogP contribution < -0.4 is 0 Å². The normalized spacial score (nSPS) is 36.1. The van der Waals surface area contributed by atoms with Crippen molar-refractivity contribution in [2.45, 2.75) is 26.7 Å². The summed E-state index contributed by atoms with van der Waals surface area (Å²) in [6, 6.07) is 0. The lowest BCUT2D eigenvalue weighted by Crippen LogP contribution is -2.42. The molecule has 3 heteroatoms. The monoisotopic (exact) mass is 199 g/mol. The molecule has 0 amide bonds. The van der Waals surface area contributed by atoms with Crippen LogP contribution in [0.5, 0.6) is 0 Å². The molecule has 0 aromatic rings. The van der Waals surface area contributed by atoms with Crippen LogP contribution in [0.15, 0.2) is 0 Å². The standard InChI is InChI=1S/C9H15NO2.C2H6/c1-10-4-6-2-3-7(5-10)8(6)9(11)12;1-2/h6-8H,2-5H2,1H3,(H,11,12);1-2H3. The minimum atomic E-state index is -0.574. The second kappa shape index (κ2) is 4.78. The van der Waals surface area contributed by atoms with Gasteiger partial charge in [0.2, 0.25) is 0 Å². The number of carboxylic acid groups (broad SMARTS) is 1. The molecular formula is C11H21NO2. The predicted molar refractivity (Wildman–Crippen MR) is 56.2 cm³/mol. The molecule has 2 fully saturated rings. The number of nitrogens with zero attached hydrogens (tertiary/aromatic N) is 1. The van der Waals surface area contributed by atoms with E-state index < -0.39 is 5.97 Å². The third kappa shape index (κ3) is 2.08. The highest BCUT2D eigenvalue weighted by molar-refractivity contribution is 5.71. The predicted octanol–water partition coefficient (Wildman–Crippen LogP) is 1.69. The number of carbonyl (C=O) groups is 1. The zero-order valence-corrected chi connectivity index (χ0v) is 9.36. The third-order valence-electron chi connectivity index (χ3n) is 3.30. The van der Waals surface area contributed by atoms with Crippen LogP contribution in [0.4, 0.5) is 0 Å². The SMILES string of the molecule is CC.CN1CC2CCC(C1)C2C(=O)O. The molecule has 0 radical (unpaired) electrons. The van der Waals surface area contributed by atoms with E-state index in [1.165, 1.54) is 0 Å². The van der Waals surface area contributed by atoms with Gasteiger partial charge in [-0.15, -0.1) is 0 Å². The summed E-state index contributed by atoms with van der Waals surface area (Å²) in [6.45, 7) is 5.96. The summed E-state index contributed by atoms with van der Waals surface area (Å²) < 4.78 is 0. The van der Waals surface area contributed by atoms with Gasteiger partial charge in [0, 0.05) is 13.1 Å². The number of likely N-dealkylation sites (tertiary alicyclic amines) is 1. The number of hydrogen-bond acceptors (Lipinski definition) is 2. The Kier molecular flexibility index (Phi) is 3.93. The van der Waals surface area contributed by atoms with Crippen LogP contribution >= 0.6 is 0 Å². The zero-order valence-electron chi connectivity index (χ0n) is 9.36. The summed E-state index contributed by atoms with van der Waals surface area (Å²) in [5.41, 5.74) is 0. The van der Waals surface area contributed by atoms with Crippen molar-refractivity contribution in [1.82, 2.24) is 4.90 Å². The van der Waals surface area contributed by atoms with Crippen molar-refractivity contribution >= 4 is 5.97 Å². The molecule has 3 nitrogen and oxygen atoms in total. The van der Waals surface area contributed by atoms with Gasteiger partial charge in [-0.25, -0.2) is 0 Å². The van der Waals surface area contributed by atoms with E-state index in [1.54, 1.807) is 0 Å². The van der Waals surface area contributed by atoms with E-state index in [0.29, 0.717) is 11.8 Å². The van der Waals surface area contributed by atoms with Gasteiger partial charge in [-0.1, -0.05) is 13.8 Å². The second-order valence-corrected chi connectivity index (χ2v) is 4.18. The molecule has 1 heterocycles. The maximum Gasteiger partial charge on any atom is 0.307 e. The molecule has 2 atom stereocenters. The largest absolute Gasteiger partial charge is 0.481 e. The lowest BCUT2D eigenvalue weighted by molar-refractivity contribution is -0.146. The zero-order chi connectivity index (χ0) is 10.7. The maximum atomic E-state index is 10.9. The number of aliphatic carboxylic acids is 1. The van der Waals surface area contributed by atoms with Gasteiger partial charge in [0.25, 0.3) is 0 Å². The molecule has 1 aliphatic heterocycles. The first-order chi connectivity index (χ1) is 6.68. The number of rotatable bonds is 1. The van der Waals surface area contributed by atoms with Crippen molar-refractivity contribution in [3.8, 4) is 0 Å². The van der Waals surface area contributed by atoms with E-state index >= 15 is 0 Å². The Labute approximate surface area is 86.1 Å². The molecule has 2 aliphatic rings. The number of carboxylic acids is 1. The van der Waals surface area contributed by atoms with Crippen molar-refractivity contribution < 1.29 is 9.90 Å². The smallest absolute Gasteiger partial charge is 0.307 e. The fourth-order valence-electron chi connectivity index (χ4n) is 2.86. The van der Waals surface area contributed by atoms with E-state index in [4.69, 9.17) is 5.11 Å². The highest BCUT2D eigenvalue weighted by Crippen LogP contribution is 2.41. The first-order valence-corrected chi connectivity index (χ1v) is 5.60. The topological polar surface area (TPSA) is 40.5 Å². The summed E-state index contributed by atoms with van der Waals surface area (Å²) in [7, 11) is 2.09. The second-order valence-electron chi connectivity index (χ2n) is 4.18. The Morgan fingerprint density at radius 1 is 1.21 bits per heavy atom. The molecular weight excluding hydrogens is 178 g/mol. The molecule has 2 unspecified atom stereocenters. The van der Waals surface area contributed by atoms with E-state index in [9.17, 15) is 4.79 Å². The van der Waals surface area contributed by atoms with Crippen LogP contribution in [0.2, 0.25) is 0 Å². The van der Waals surface area contributed by atoms with E-state index in [0.717, 1.165) is 25.9 Å². The summed E-state index contributed by atoms with van der Waals surface area (Å²) in [6.07, 6.45) is 2.23. The lowest BCUT2D eigenvalue weighted by Gasteiger charge is -2.33. The van der Waals surface area contributed by atoms with E-state index in [1.807, 2.05) is 13.8 Å².